The molecular formula is C22H17N3O2S. The van der Waals surface area contributed by atoms with Crippen molar-refractivity contribution in [1.82, 2.24) is 15.0 Å². The molecule has 0 fully saturated rings. The highest BCUT2D eigenvalue weighted by Crippen LogP contribution is 2.26. The first-order valence-electron chi connectivity index (χ1n) is 8.67. The molecule has 0 aliphatic heterocycles. The first kappa shape index (κ1) is 18.0. The lowest BCUT2D eigenvalue weighted by atomic mass is 10.1. The van der Waals surface area contributed by atoms with E-state index in [1.54, 1.807) is 30.5 Å². The number of hydrogen-bond donors (Lipinski definition) is 0. The van der Waals surface area contributed by atoms with Gasteiger partial charge in [0.05, 0.1) is 33.4 Å². The first-order chi connectivity index (χ1) is 13.5. The molecule has 0 aliphatic carbocycles. The van der Waals surface area contributed by atoms with Crippen LogP contribution in [0.4, 0.5) is 0 Å². The number of sulfone groups is 1. The van der Waals surface area contributed by atoms with Gasteiger partial charge in [0.25, 0.3) is 0 Å². The van der Waals surface area contributed by atoms with Gasteiger partial charge in [0.2, 0.25) is 0 Å². The maximum absolute atomic E-state index is 12.2. The Morgan fingerprint density at radius 3 is 1.93 bits per heavy atom. The molecule has 1 aromatic carbocycles. The molecule has 6 heteroatoms. The maximum Gasteiger partial charge on any atom is 0.175 e. The zero-order valence-electron chi connectivity index (χ0n) is 15.1. The van der Waals surface area contributed by atoms with Crippen LogP contribution in [0, 0.1) is 0 Å². The predicted octanol–water partition coefficient (Wildman–Crippen LogP) is 4.28. The van der Waals surface area contributed by atoms with Gasteiger partial charge in [-0.15, -0.1) is 0 Å². The van der Waals surface area contributed by atoms with Crippen molar-refractivity contribution in [2.75, 3.05) is 6.26 Å². The van der Waals surface area contributed by atoms with E-state index in [1.807, 2.05) is 54.6 Å². The summed E-state index contributed by atoms with van der Waals surface area (Å²) < 4.78 is 24.4. The van der Waals surface area contributed by atoms with Crippen molar-refractivity contribution in [2.24, 2.45) is 0 Å². The van der Waals surface area contributed by atoms with Gasteiger partial charge in [-0.3, -0.25) is 4.98 Å². The average Bonchev–Trinajstić information content (AvgIpc) is 2.74. The highest BCUT2D eigenvalue weighted by Gasteiger charge is 2.15. The Labute approximate surface area is 163 Å². The molecule has 138 valence electrons. The molecule has 0 bridgehead atoms. The van der Waals surface area contributed by atoms with E-state index in [0.29, 0.717) is 22.8 Å². The second-order valence-electron chi connectivity index (χ2n) is 6.33. The Balaban J connectivity index is 1.88. The number of aromatic nitrogens is 3. The summed E-state index contributed by atoms with van der Waals surface area (Å²) >= 11 is 0. The van der Waals surface area contributed by atoms with Gasteiger partial charge >= 0.3 is 0 Å². The van der Waals surface area contributed by atoms with Crippen LogP contribution in [0.1, 0.15) is 0 Å². The van der Waals surface area contributed by atoms with Crippen molar-refractivity contribution >= 4 is 9.84 Å². The van der Waals surface area contributed by atoms with Crippen LogP contribution in [-0.4, -0.2) is 29.6 Å². The topological polar surface area (TPSA) is 72.8 Å². The molecule has 5 nitrogen and oxygen atoms in total. The van der Waals surface area contributed by atoms with Crippen LogP contribution in [0.5, 0.6) is 0 Å². The minimum absolute atomic E-state index is 0.185. The van der Waals surface area contributed by atoms with Crippen LogP contribution in [0.2, 0.25) is 0 Å². The number of pyridine rings is 3. The molecule has 0 spiro atoms. The molecule has 0 aliphatic rings. The molecule has 0 unspecified atom stereocenters. The number of benzene rings is 1. The fourth-order valence-electron chi connectivity index (χ4n) is 2.84. The molecule has 0 N–H and O–H groups in total. The normalized spacial score (nSPS) is 11.3. The van der Waals surface area contributed by atoms with E-state index in [0.717, 1.165) is 11.3 Å². The monoisotopic (exact) mass is 387 g/mol. The van der Waals surface area contributed by atoms with Gasteiger partial charge in [0.1, 0.15) is 0 Å². The Kier molecular flexibility index (Phi) is 4.71. The molecule has 4 rings (SSSR count). The van der Waals surface area contributed by atoms with Gasteiger partial charge in [0.15, 0.2) is 9.84 Å². The highest BCUT2D eigenvalue weighted by molar-refractivity contribution is 7.90. The van der Waals surface area contributed by atoms with E-state index in [9.17, 15) is 8.42 Å². The van der Waals surface area contributed by atoms with Gasteiger partial charge in [0, 0.05) is 18.0 Å². The smallest absolute Gasteiger partial charge is 0.175 e. The molecular weight excluding hydrogens is 370 g/mol. The van der Waals surface area contributed by atoms with Crippen molar-refractivity contribution in [3.63, 3.8) is 0 Å². The summed E-state index contributed by atoms with van der Waals surface area (Å²) in [5, 5.41) is 0. The standard InChI is InChI=1S/C22H17N3O2S/c1-28(26,27)17-14-21(19-10-5-6-13-23-19)25-22(15-17)20-12-7-11-18(24-20)16-8-3-2-4-9-16/h2-15H,1H3. The Bertz CT molecular complexity index is 1230. The third kappa shape index (κ3) is 3.82. The van der Waals surface area contributed by atoms with Crippen LogP contribution >= 0.6 is 0 Å². The molecule has 4 aromatic rings. The van der Waals surface area contributed by atoms with E-state index in [2.05, 4.69) is 9.97 Å². The molecule has 28 heavy (non-hydrogen) atoms. The third-order valence-corrected chi connectivity index (χ3v) is 5.33. The van der Waals surface area contributed by atoms with Crippen molar-refractivity contribution in [3.8, 4) is 34.0 Å². The average molecular weight is 387 g/mol. The SMILES string of the molecule is CS(=O)(=O)c1cc(-c2ccccn2)nc(-c2cccc(-c3ccccc3)n2)c1. The summed E-state index contributed by atoms with van der Waals surface area (Å²) in [4.78, 5) is 13.8. The maximum atomic E-state index is 12.2. The Morgan fingerprint density at radius 2 is 1.25 bits per heavy atom. The summed E-state index contributed by atoms with van der Waals surface area (Å²) in [6, 6.07) is 24.0. The van der Waals surface area contributed by atoms with E-state index < -0.39 is 9.84 Å². The van der Waals surface area contributed by atoms with Crippen LogP contribution in [0.3, 0.4) is 0 Å². The number of rotatable bonds is 4. The molecule has 3 aromatic heterocycles. The summed E-state index contributed by atoms with van der Waals surface area (Å²) in [6.07, 6.45) is 2.83. The summed E-state index contributed by atoms with van der Waals surface area (Å²) in [6.45, 7) is 0. The van der Waals surface area contributed by atoms with Gasteiger partial charge < -0.3 is 0 Å². The van der Waals surface area contributed by atoms with Gasteiger partial charge in [-0.25, -0.2) is 18.4 Å². The van der Waals surface area contributed by atoms with Crippen molar-refractivity contribution in [1.29, 1.82) is 0 Å². The lowest BCUT2D eigenvalue weighted by molar-refractivity contribution is 0.602. The van der Waals surface area contributed by atoms with Crippen LogP contribution in [0.15, 0.2) is 90.0 Å². The Hall–Kier alpha value is -3.38. The molecule has 0 amide bonds. The minimum Gasteiger partial charge on any atom is -0.255 e. The van der Waals surface area contributed by atoms with E-state index >= 15 is 0 Å². The quantitative estimate of drug-likeness (QED) is 0.523. The minimum atomic E-state index is -3.42. The summed E-state index contributed by atoms with van der Waals surface area (Å²) in [5.41, 5.74) is 3.96. The molecule has 0 saturated carbocycles. The van der Waals surface area contributed by atoms with Crippen LogP contribution in [-0.2, 0) is 9.84 Å². The van der Waals surface area contributed by atoms with E-state index in [-0.39, 0.29) is 4.90 Å². The second kappa shape index (κ2) is 7.32. The van der Waals surface area contributed by atoms with Crippen molar-refractivity contribution < 1.29 is 8.42 Å². The largest absolute Gasteiger partial charge is 0.255 e. The zero-order valence-corrected chi connectivity index (χ0v) is 16.0. The molecule has 0 saturated heterocycles. The highest BCUT2D eigenvalue weighted by atomic mass is 32.2. The van der Waals surface area contributed by atoms with Gasteiger partial charge in [-0.05, 0) is 36.4 Å². The third-order valence-electron chi connectivity index (χ3n) is 4.24. The second-order valence-corrected chi connectivity index (χ2v) is 8.35. The van der Waals surface area contributed by atoms with Crippen LogP contribution in [0.25, 0.3) is 34.0 Å². The summed E-state index contributed by atoms with van der Waals surface area (Å²) in [7, 11) is -3.42. The van der Waals surface area contributed by atoms with E-state index in [4.69, 9.17) is 4.98 Å². The lowest BCUT2D eigenvalue weighted by Gasteiger charge is -2.09. The van der Waals surface area contributed by atoms with Gasteiger partial charge in [-0.1, -0.05) is 42.5 Å². The fourth-order valence-corrected chi connectivity index (χ4v) is 3.49. The van der Waals surface area contributed by atoms with E-state index in [1.165, 1.54) is 6.26 Å². The number of nitrogens with zero attached hydrogens (tertiary/aromatic N) is 3. The molecule has 0 radical (unpaired) electrons. The first-order valence-corrected chi connectivity index (χ1v) is 10.6. The molecule has 0 atom stereocenters. The van der Waals surface area contributed by atoms with Crippen molar-refractivity contribution in [3.05, 3.63) is 85.1 Å². The zero-order chi connectivity index (χ0) is 19.6. The lowest BCUT2D eigenvalue weighted by Crippen LogP contribution is -2.01. The predicted molar refractivity (Wildman–Crippen MR) is 109 cm³/mol. The number of hydrogen-bond acceptors (Lipinski definition) is 5. The van der Waals surface area contributed by atoms with Gasteiger partial charge in [-0.2, -0.15) is 0 Å². The van der Waals surface area contributed by atoms with Crippen LogP contribution < -0.4 is 0 Å². The summed E-state index contributed by atoms with van der Waals surface area (Å²) in [5.74, 6) is 0. The van der Waals surface area contributed by atoms with Crippen molar-refractivity contribution in [2.45, 2.75) is 4.90 Å². The Morgan fingerprint density at radius 1 is 0.643 bits per heavy atom. The fraction of sp³-hybridized carbons (Fsp3) is 0.0455. The molecule has 3 heterocycles.